The molecule has 1 aliphatic rings. The lowest BCUT2D eigenvalue weighted by Crippen LogP contribution is -2.44. The highest BCUT2D eigenvalue weighted by Crippen LogP contribution is 2.33. The van der Waals surface area contributed by atoms with E-state index in [-0.39, 0.29) is 30.0 Å². The summed E-state index contributed by atoms with van der Waals surface area (Å²) >= 11 is 6.20. The second-order valence-corrected chi connectivity index (χ2v) is 7.84. The van der Waals surface area contributed by atoms with Gasteiger partial charge in [0.05, 0.1) is 30.7 Å². The Hall–Kier alpha value is -2.46. The number of nitrogens with one attached hydrogen (secondary N) is 2. The number of guanidine groups is 1. The molecule has 0 aliphatic carbocycles. The Bertz CT molecular complexity index is 1040. The van der Waals surface area contributed by atoms with Gasteiger partial charge in [-0.1, -0.05) is 29.8 Å². The Morgan fingerprint density at radius 2 is 2.03 bits per heavy atom. The fourth-order valence-electron chi connectivity index (χ4n) is 3.75. The van der Waals surface area contributed by atoms with Gasteiger partial charge in [-0.15, -0.1) is 24.0 Å². The quantitative estimate of drug-likeness (QED) is 0.267. The zero-order valence-electron chi connectivity index (χ0n) is 18.2. The molecule has 7 nitrogen and oxygen atoms in total. The fraction of sp³-hybridized carbons (Fsp3) is 0.304. The standard InChI is InChI=1S/C23H27ClN6O.HI/c1-25-23(26-15-18-11-13-30(28-18)20-6-4-3-5-7-20)27-19-10-12-29(16-19)21-14-17(24)8-9-22(21)31-2;/h3-9,11,13-14,19H,10,12,15-16H2,1-2H3,(H2,25,26,27);1H. The Morgan fingerprint density at radius 3 is 2.78 bits per heavy atom. The number of methoxy groups -OCH3 is 1. The first kappa shape index (κ1) is 24.2. The van der Waals surface area contributed by atoms with Crippen molar-refractivity contribution in [2.45, 2.75) is 19.0 Å². The van der Waals surface area contributed by atoms with Crippen LogP contribution in [-0.4, -0.2) is 49.0 Å². The van der Waals surface area contributed by atoms with Crippen molar-refractivity contribution in [2.75, 3.05) is 32.1 Å². The van der Waals surface area contributed by atoms with Gasteiger partial charge in [-0.3, -0.25) is 4.99 Å². The van der Waals surface area contributed by atoms with E-state index < -0.39 is 0 Å². The van der Waals surface area contributed by atoms with Crippen LogP contribution >= 0.6 is 35.6 Å². The third kappa shape index (κ3) is 5.86. The molecule has 170 valence electrons. The lowest BCUT2D eigenvalue weighted by molar-refractivity contribution is 0.415. The number of para-hydroxylation sites is 1. The van der Waals surface area contributed by atoms with E-state index in [1.54, 1.807) is 14.2 Å². The van der Waals surface area contributed by atoms with Crippen molar-refractivity contribution in [1.29, 1.82) is 0 Å². The number of nitrogens with zero attached hydrogens (tertiary/aromatic N) is 4. The van der Waals surface area contributed by atoms with Crippen LogP contribution in [0.15, 0.2) is 65.8 Å². The van der Waals surface area contributed by atoms with Crippen LogP contribution in [0.4, 0.5) is 5.69 Å². The van der Waals surface area contributed by atoms with E-state index in [4.69, 9.17) is 16.3 Å². The van der Waals surface area contributed by atoms with Gasteiger partial charge in [0.25, 0.3) is 0 Å². The smallest absolute Gasteiger partial charge is 0.191 e. The van der Waals surface area contributed by atoms with E-state index in [0.717, 1.165) is 48.3 Å². The SMILES string of the molecule is CN=C(NCc1ccn(-c2ccccc2)n1)NC1CCN(c2cc(Cl)ccc2OC)C1.I. The average Bonchev–Trinajstić information content (AvgIpc) is 3.47. The van der Waals surface area contributed by atoms with Crippen LogP contribution < -0.4 is 20.3 Å². The van der Waals surface area contributed by atoms with Crippen molar-refractivity contribution in [1.82, 2.24) is 20.4 Å². The van der Waals surface area contributed by atoms with E-state index in [1.165, 1.54) is 0 Å². The number of benzene rings is 2. The molecule has 2 heterocycles. The molecule has 0 spiro atoms. The summed E-state index contributed by atoms with van der Waals surface area (Å²) in [4.78, 5) is 6.66. The maximum Gasteiger partial charge on any atom is 0.191 e. The predicted octanol–water partition coefficient (Wildman–Crippen LogP) is 4.10. The Labute approximate surface area is 210 Å². The lowest BCUT2D eigenvalue weighted by Gasteiger charge is -2.22. The number of aromatic nitrogens is 2. The normalized spacial score (nSPS) is 15.9. The second kappa shape index (κ2) is 11.4. The molecule has 2 N–H and O–H groups in total. The molecular weight excluding hydrogens is 539 g/mol. The van der Waals surface area contributed by atoms with Crippen LogP contribution in [0.2, 0.25) is 5.02 Å². The number of anilines is 1. The molecule has 9 heteroatoms. The molecule has 1 atom stereocenters. The first-order chi connectivity index (χ1) is 15.2. The van der Waals surface area contributed by atoms with Gasteiger partial charge in [0.2, 0.25) is 0 Å². The number of rotatable bonds is 6. The summed E-state index contributed by atoms with van der Waals surface area (Å²) in [5, 5.41) is 12.2. The molecule has 0 amide bonds. The van der Waals surface area contributed by atoms with Gasteiger partial charge in [-0.25, -0.2) is 4.68 Å². The predicted molar refractivity (Wildman–Crippen MR) is 141 cm³/mol. The first-order valence-corrected chi connectivity index (χ1v) is 10.7. The Kier molecular flexibility index (Phi) is 8.63. The summed E-state index contributed by atoms with van der Waals surface area (Å²) in [5.41, 5.74) is 3.01. The van der Waals surface area contributed by atoms with Crippen molar-refractivity contribution in [3.63, 3.8) is 0 Å². The molecule has 0 bridgehead atoms. The molecule has 1 aromatic heterocycles. The van der Waals surface area contributed by atoms with Crippen LogP contribution in [0, 0.1) is 0 Å². The third-order valence-electron chi connectivity index (χ3n) is 5.34. The monoisotopic (exact) mass is 566 g/mol. The Balaban J connectivity index is 0.00000289. The van der Waals surface area contributed by atoms with Crippen LogP contribution in [0.3, 0.4) is 0 Å². The molecule has 4 rings (SSSR count). The van der Waals surface area contributed by atoms with Crippen LogP contribution in [-0.2, 0) is 6.54 Å². The number of hydrogen-bond acceptors (Lipinski definition) is 4. The van der Waals surface area contributed by atoms with Gasteiger partial charge in [-0.05, 0) is 42.8 Å². The molecular formula is C23H28ClIN6O. The summed E-state index contributed by atoms with van der Waals surface area (Å²) in [6.07, 6.45) is 2.97. The summed E-state index contributed by atoms with van der Waals surface area (Å²) in [6.45, 7) is 2.37. The van der Waals surface area contributed by atoms with E-state index in [0.29, 0.717) is 11.6 Å². The largest absolute Gasteiger partial charge is 0.495 e. The third-order valence-corrected chi connectivity index (χ3v) is 5.57. The molecule has 0 saturated carbocycles. The minimum absolute atomic E-state index is 0. The number of aliphatic imine (C=N–C) groups is 1. The molecule has 1 fully saturated rings. The maximum atomic E-state index is 6.20. The van der Waals surface area contributed by atoms with Gasteiger partial charge < -0.3 is 20.3 Å². The summed E-state index contributed by atoms with van der Waals surface area (Å²) < 4.78 is 7.38. The topological polar surface area (TPSA) is 66.7 Å². The summed E-state index contributed by atoms with van der Waals surface area (Å²) in [7, 11) is 3.47. The van der Waals surface area contributed by atoms with Crippen LogP contribution in [0.1, 0.15) is 12.1 Å². The molecule has 0 radical (unpaired) electrons. The van der Waals surface area contributed by atoms with Gasteiger partial charge in [0.1, 0.15) is 5.75 Å². The lowest BCUT2D eigenvalue weighted by atomic mass is 10.2. The minimum Gasteiger partial charge on any atom is -0.495 e. The highest BCUT2D eigenvalue weighted by molar-refractivity contribution is 14.0. The van der Waals surface area contributed by atoms with E-state index >= 15 is 0 Å². The van der Waals surface area contributed by atoms with Crippen LogP contribution in [0.25, 0.3) is 5.69 Å². The average molecular weight is 567 g/mol. The first-order valence-electron chi connectivity index (χ1n) is 10.3. The van der Waals surface area contributed by atoms with Crippen LogP contribution in [0.5, 0.6) is 5.75 Å². The van der Waals surface area contributed by atoms with Crippen molar-refractivity contribution in [2.24, 2.45) is 4.99 Å². The van der Waals surface area contributed by atoms with E-state index in [1.807, 2.05) is 65.5 Å². The van der Waals surface area contributed by atoms with Crippen molar-refractivity contribution in [3.05, 3.63) is 71.5 Å². The Morgan fingerprint density at radius 1 is 1.22 bits per heavy atom. The van der Waals surface area contributed by atoms with E-state index in [2.05, 4.69) is 25.6 Å². The molecule has 2 aromatic carbocycles. The molecule has 1 saturated heterocycles. The highest BCUT2D eigenvalue weighted by Gasteiger charge is 2.25. The van der Waals surface area contributed by atoms with Crippen molar-refractivity contribution >= 4 is 47.2 Å². The van der Waals surface area contributed by atoms with Gasteiger partial charge >= 0.3 is 0 Å². The number of hydrogen-bond donors (Lipinski definition) is 2. The summed E-state index contributed by atoms with van der Waals surface area (Å²) in [5.74, 6) is 1.60. The second-order valence-electron chi connectivity index (χ2n) is 7.41. The molecule has 1 aliphatic heterocycles. The molecule has 1 unspecified atom stereocenters. The van der Waals surface area contributed by atoms with Gasteiger partial charge in [0.15, 0.2) is 5.96 Å². The zero-order valence-corrected chi connectivity index (χ0v) is 21.2. The minimum atomic E-state index is 0. The van der Waals surface area contributed by atoms with Crippen molar-refractivity contribution < 1.29 is 4.74 Å². The van der Waals surface area contributed by atoms with Gasteiger partial charge in [-0.2, -0.15) is 5.10 Å². The number of ether oxygens (including phenoxy) is 1. The number of halogens is 2. The van der Waals surface area contributed by atoms with Crippen molar-refractivity contribution in [3.8, 4) is 11.4 Å². The van der Waals surface area contributed by atoms with Gasteiger partial charge in [0, 0.05) is 37.4 Å². The fourth-order valence-corrected chi connectivity index (χ4v) is 3.92. The summed E-state index contributed by atoms with van der Waals surface area (Å²) in [6, 6.07) is 18.1. The molecule has 3 aromatic rings. The maximum absolute atomic E-state index is 6.20. The van der Waals surface area contributed by atoms with E-state index in [9.17, 15) is 0 Å². The zero-order chi connectivity index (χ0) is 21.6. The highest BCUT2D eigenvalue weighted by atomic mass is 127. The molecule has 32 heavy (non-hydrogen) atoms.